The van der Waals surface area contributed by atoms with Crippen LogP contribution in [0.15, 0.2) is 48.0 Å². The number of nitrogens with zero attached hydrogens (tertiary/aromatic N) is 2. The molecule has 4 rings (SSSR count). The number of thiophene rings is 2. The third-order valence-electron chi connectivity index (χ3n) is 5.78. The molecule has 1 aliphatic rings. The molecular formula is C22H23N3O5S3. The summed E-state index contributed by atoms with van der Waals surface area (Å²) in [6.45, 7) is 2.13. The minimum Gasteiger partial charge on any atom is -0.336 e. The van der Waals surface area contributed by atoms with Crippen molar-refractivity contribution < 1.29 is 23.2 Å². The Morgan fingerprint density at radius 3 is 2.70 bits per heavy atom. The van der Waals surface area contributed by atoms with Gasteiger partial charge in [-0.25, -0.2) is 13.9 Å². The van der Waals surface area contributed by atoms with Crippen molar-refractivity contribution >= 4 is 44.3 Å². The van der Waals surface area contributed by atoms with Crippen molar-refractivity contribution in [2.45, 2.75) is 24.5 Å². The Balaban J connectivity index is 1.72. The standard InChI is InChI=1S/C22H23N3O5S3/c1-15-12-18(31-14-15)17-5-6-19(32-17)22(13-20(26)24-28)7-9-25(10-11-33(22,29)30)21(27)16-4-2-3-8-23-16/h2-6,8,12,14,28H,7,9-11,13H2,1H3,(H,24,26). The molecule has 0 radical (unpaired) electrons. The molecule has 11 heteroatoms. The van der Waals surface area contributed by atoms with Crippen LogP contribution in [0.4, 0.5) is 0 Å². The second-order valence-corrected chi connectivity index (χ2v) is 12.3. The van der Waals surface area contributed by atoms with Crippen molar-refractivity contribution in [1.29, 1.82) is 0 Å². The number of aryl methyl sites for hydroxylation is 1. The molecule has 3 aromatic heterocycles. The first-order valence-electron chi connectivity index (χ1n) is 10.3. The van der Waals surface area contributed by atoms with Gasteiger partial charge in [0.1, 0.15) is 10.4 Å². The SMILES string of the molecule is Cc1csc(-c2ccc(C3(CC(=O)NO)CCN(C(=O)c4ccccn4)CCS3(=O)=O)s2)c1. The number of nitrogens with one attached hydrogen (secondary N) is 1. The van der Waals surface area contributed by atoms with E-state index in [2.05, 4.69) is 4.98 Å². The molecule has 2 N–H and O–H groups in total. The van der Waals surface area contributed by atoms with Gasteiger partial charge in [-0.05, 0) is 54.6 Å². The van der Waals surface area contributed by atoms with Crippen LogP contribution < -0.4 is 5.48 Å². The van der Waals surface area contributed by atoms with Crippen LogP contribution in [-0.4, -0.2) is 54.2 Å². The Kier molecular flexibility index (Phi) is 6.66. The molecule has 0 saturated carbocycles. The van der Waals surface area contributed by atoms with Gasteiger partial charge in [0.2, 0.25) is 5.91 Å². The number of pyridine rings is 1. The van der Waals surface area contributed by atoms with Gasteiger partial charge in [0, 0.05) is 33.9 Å². The van der Waals surface area contributed by atoms with Crippen molar-refractivity contribution in [3.63, 3.8) is 0 Å². The Hall–Kier alpha value is -2.60. The predicted octanol–water partition coefficient (Wildman–Crippen LogP) is 3.23. The van der Waals surface area contributed by atoms with Crippen molar-refractivity contribution in [2.24, 2.45) is 0 Å². The van der Waals surface area contributed by atoms with Gasteiger partial charge in [-0.1, -0.05) is 6.07 Å². The molecule has 8 nitrogen and oxygen atoms in total. The lowest BCUT2D eigenvalue weighted by molar-refractivity contribution is -0.129. The van der Waals surface area contributed by atoms with Crippen LogP contribution in [0.5, 0.6) is 0 Å². The normalized spacial score (nSPS) is 20.2. The molecule has 1 unspecified atom stereocenters. The molecule has 2 amide bonds. The zero-order valence-corrected chi connectivity index (χ0v) is 20.3. The Morgan fingerprint density at radius 2 is 2.03 bits per heavy atom. The van der Waals surface area contributed by atoms with Gasteiger partial charge in [-0.2, -0.15) is 0 Å². The predicted molar refractivity (Wildman–Crippen MR) is 127 cm³/mol. The zero-order chi connectivity index (χ0) is 23.6. The van der Waals surface area contributed by atoms with E-state index < -0.39 is 26.9 Å². The van der Waals surface area contributed by atoms with Crippen LogP contribution in [0.3, 0.4) is 0 Å². The lowest BCUT2D eigenvalue weighted by atomic mass is 9.97. The molecule has 3 aromatic rings. The highest BCUT2D eigenvalue weighted by molar-refractivity contribution is 7.92. The number of carbonyl (C=O) groups excluding carboxylic acids is 2. The highest BCUT2D eigenvalue weighted by Gasteiger charge is 2.50. The van der Waals surface area contributed by atoms with Gasteiger partial charge in [0.15, 0.2) is 9.84 Å². The first-order valence-corrected chi connectivity index (χ1v) is 13.6. The first kappa shape index (κ1) is 23.6. The summed E-state index contributed by atoms with van der Waals surface area (Å²) in [5, 5.41) is 11.2. The molecule has 174 valence electrons. The van der Waals surface area contributed by atoms with Gasteiger partial charge in [0.25, 0.3) is 5.91 Å². The lowest BCUT2D eigenvalue weighted by Crippen LogP contribution is -2.41. The summed E-state index contributed by atoms with van der Waals surface area (Å²) in [5.41, 5.74) is 2.93. The second kappa shape index (κ2) is 9.34. The molecule has 0 spiro atoms. The van der Waals surface area contributed by atoms with Crippen LogP contribution in [0, 0.1) is 6.92 Å². The largest absolute Gasteiger partial charge is 0.336 e. The monoisotopic (exact) mass is 505 g/mol. The number of sulfone groups is 1. The molecule has 33 heavy (non-hydrogen) atoms. The van der Waals surface area contributed by atoms with Crippen LogP contribution in [0.1, 0.15) is 33.8 Å². The fourth-order valence-electron chi connectivity index (χ4n) is 4.00. The smallest absolute Gasteiger partial charge is 0.272 e. The highest BCUT2D eigenvalue weighted by atomic mass is 32.2. The average molecular weight is 506 g/mol. The molecule has 0 aliphatic carbocycles. The zero-order valence-electron chi connectivity index (χ0n) is 17.9. The van der Waals surface area contributed by atoms with E-state index in [1.165, 1.54) is 22.4 Å². The molecule has 1 fully saturated rings. The van der Waals surface area contributed by atoms with E-state index >= 15 is 0 Å². The number of rotatable bonds is 5. The maximum absolute atomic E-state index is 13.6. The molecule has 4 heterocycles. The summed E-state index contributed by atoms with van der Waals surface area (Å²) in [6.07, 6.45) is 1.11. The quantitative estimate of drug-likeness (QED) is 0.406. The Bertz CT molecular complexity index is 1270. The third kappa shape index (κ3) is 4.58. The number of carbonyl (C=O) groups is 2. The van der Waals surface area contributed by atoms with Gasteiger partial charge in [0.05, 0.1) is 12.2 Å². The van der Waals surface area contributed by atoms with E-state index in [1.54, 1.807) is 41.1 Å². The van der Waals surface area contributed by atoms with E-state index in [1.807, 2.05) is 24.4 Å². The Labute approximate surface area is 199 Å². The van der Waals surface area contributed by atoms with Crippen molar-refractivity contribution in [1.82, 2.24) is 15.4 Å². The molecule has 1 aliphatic heterocycles. The molecule has 1 saturated heterocycles. The first-order chi connectivity index (χ1) is 15.8. The van der Waals surface area contributed by atoms with Gasteiger partial charge >= 0.3 is 0 Å². The molecular weight excluding hydrogens is 482 g/mol. The van der Waals surface area contributed by atoms with Crippen LogP contribution in [-0.2, 0) is 19.4 Å². The van der Waals surface area contributed by atoms with Crippen LogP contribution in [0.2, 0.25) is 0 Å². The number of amides is 2. The minimum absolute atomic E-state index is 0.00257. The molecule has 0 bridgehead atoms. The maximum Gasteiger partial charge on any atom is 0.272 e. The average Bonchev–Trinajstić information content (AvgIpc) is 3.44. The number of hydrogen-bond donors (Lipinski definition) is 2. The highest BCUT2D eigenvalue weighted by Crippen LogP contribution is 2.46. The van der Waals surface area contributed by atoms with Crippen molar-refractivity contribution in [3.8, 4) is 9.75 Å². The number of hydrogen-bond acceptors (Lipinski definition) is 8. The summed E-state index contributed by atoms with van der Waals surface area (Å²) in [5.74, 6) is -1.44. The van der Waals surface area contributed by atoms with Gasteiger partial charge in [-0.3, -0.25) is 19.8 Å². The molecule has 1 atom stereocenters. The van der Waals surface area contributed by atoms with E-state index in [0.29, 0.717) is 4.88 Å². The fourth-order valence-corrected chi connectivity index (χ4v) is 8.60. The topological polar surface area (TPSA) is 117 Å². The summed E-state index contributed by atoms with van der Waals surface area (Å²) < 4.78 is 25.7. The van der Waals surface area contributed by atoms with Crippen LogP contribution in [0.25, 0.3) is 9.75 Å². The lowest BCUT2D eigenvalue weighted by Gasteiger charge is -2.30. The summed E-state index contributed by atoms with van der Waals surface area (Å²) in [7, 11) is -3.86. The van der Waals surface area contributed by atoms with Gasteiger partial charge in [-0.15, -0.1) is 22.7 Å². The van der Waals surface area contributed by atoms with Crippen LogP contribution >= 0.6 is 22.7 Å². The molecule has 0 aromatic carbocycles. The summed E-state index contributed by atoms with van der Waals surface area (Å²) in [6, 6.07) is 10.6. The van der Waals surface area contributed by atoms with E-state index in [9.17, 15) is 23.2 Å². The summed E-state index contributed by atoms with van der Waals surface area (Å²) in [4.78, 5) is 33.2. The maximum atomic E-state index is 13.6. The van der Waals surface area contributed by atoms with Crippen molar-refractivity contribution in [3.05, 3.63) is 64.1 Å². The second-order valence-electron chi connectivity index (χ2n) is 7.93. The van der Waals surface area contributed by atoms with E-state index in [0.717, 1.165) is 15.3 Å². The summed E-state index contributed by atoms with van der Waals surface area (Å²) >= 11 is 2.90. The number of hydroxylamine groups is 1. The third-order valence-corrected chi connectivity index (χ3v) is 10.9. The van der Waals surface area contributed by atoms with E-state index in [4.69, 9.17) is 0 Å². The fraction of sp³-hybridized carbons (Fsp3) is 0.318. The van der Waals surface area contributed by atoms with Gasteiger partial charge < -0.3 is 4.90 Å². The van der Waals surface area contributed by atoms with Crippen molar-refractivity contribution in [2.75, 3.05) is 18.8 Å². The Morgan fingerprint density at radius 1 is 1.21 bits per heavy atom. The van der Waals surface area contributed by atoms with E-state index in [-0.39, 0.29) is 36.9 Å². The minimum atomic E-state index is -3.86. The number of aromatic nitrogens is 1.